The number of piperazine rings is 1. The van der Waals surface area contributed by atoms with Crippen LogP contribution in [0.4, 0.5) is 11.8 Å². The smallest absolute Gasteiger partial charge is 0.225 e. The van der Waals surface area contributed by atoms with Crippen LogP contribution in [0.25, 0.3) is 10.2 Å². The maximum atomic E-state index is 4.66. The number of fused-ring (bicyclic) bond motifs is 1. The predicted molar refractivity (Wildman–Crippen MR) is 81.3 cm³/mol. The molecule has 1 saturated heterocycles. The lowest BCUT2D eigenvalue weighted by molar-refractivity contribution is 0.271. The molecule has 1 fully saturated rings. The second kappa shape index (κ2) is 5.30. The summed E-state index contributed by atoms with van der Waals surface area (Å²) in [6.07, 6.45) is 0. The van der Waals surface area contributed by atoms with Crippen LogP contribution in [0.2, 0.25) is 0 Å². The van der Waals surface area contributed by atoms with Crippen molar-refractivity contribution in [2.24, 2.45) is 0 Å². The molecule has 0 amide bonds. The summed E-state index contributed by atoms with van der Waals surface area (Å²) in [5, 5.41) is 6.32. The minimum absolute atomic E-state index is 0.711. The summed E-state index contributed by atoms with van der Waals surface area (Å²) in [7, 11) is 1.87. The standard InChI is InChI=1S/C13H19N5S/c1-3-17-5-7-18(8-6-17)11-10-4-9-19-12(10)16-13(14-2)15-11/h4,9H,3,5-8H2,1-2H3,(H,14,15,16). The zero-order valence-electron chi connectivity index (χ0n) is 11.4. The third-order valence-corrected chi connectivity index (χ3v) is 4.45. The number of rotatable bonds is 3. The van der Waals surface area contributed by atoms with E-state index in [1.807, 2.05) is 7.05 Å². The molecule has 0 saturated carbocycles. The summed E-state index contributed by atoms with van der Waals surface area (Å²) in [4.78, 5) is 15.1. The van der Waals surface area contributed by atoms with Gasteiger partial charge >= 0.3 is 0 Å². The highest BCUT2D eigenvalue weighted by atomic mass is 32.1. The van der Waals surface area contributed by atoms with Gasteiger partial charge in [-0.25, -0.2) is 4.98 Å². The van der Waals surface area contributed by atoms with E-state index in [4.69, 9.17) is 0 Å². The second-order valence-corrected chi connectivity index (χ2v) is 5.58. The Morgan fingerprint density at radius 2 is 2.05 bits per heavy atom. The molecule has 0 aliphatic carbocycles. The largest absolute Gasteiger partial charge is 0.357 e. The highest BCUT2D eigenvalue weighted by Gasteiger charge is 2.20. The predicted octanol–water partition coefficient (Wildman–Crippen LogP) is 1.87. The average molecular weight is 277 g/mol. The van der Waals surface area contributed by atoms with Crippen LogP contribution in [0.3, 0.4) is 0 Å². The number of thiophene rings is 1. The molecular weight excluding hydrogens is 258 g/mol. The Kier molecular flexibility index (Phi) is 3.52. The molecule has 1 aliphatic heterocycles. The first-order valence-electron chi connectivity index (χ1n) is 6.72. The van der Waals surface area contributed by atoms with Crippen molar-refractivity contribution >= 4 is 33.3 Å². The van der Waals surface area contributed by atoms with Gasteiger partial charge in [0.1, 0.15) is 10.6 Å². The molecule has 5 nitrogen and oxygen atoms in total. The summed E-state index contributed by atoms with van der Waals surface area (Å²) < 4.78 is 0. The van der Waals surface area contributed by atoms with Gasteiger partial charge in [-0.05, 0) is 18.0 Å². The topological polar surface area (TPSA) is 44.3 Å². The number of anilines is 2. The number of likely N-dealkylation sites (N-methyl/N-ethyl adjacent to an activating group) is 1. The highest BCUT2D eigenvalue weighted by molar-refractivity contribution is 7.16. The summed E-state index contributed by atoms with van der Waals surface area (Å²) in [6.45, 7) is 7.66. The van der Waals surface area contributed by atoms with Gasteiger partial charge in [0.15, 0.2) is 0 Å². The Morgan fingerprint density at radius 3 is 2.74 bits per heavy atom. The number of hydrogen-bond donors (Lipinski definition) is 1. The molecular formula is C13H19N5S. The van der Waals surface area contributed by atoms with E-state index >= 15 is 0 Å². The van der Waals surface area contributed by atoms with E-state index in [0.717, 1.165) is 43.4 Å². The van der Waals surface area contributed by atoms with Crippen LogP contribution in [0.5, 0.6) is 0 Å². The van der Waals surface area contributed by atoms with Gasteiger partial charge in [0.05, 0.1) is 5.39 Å². The quantitative estimate of drug-likeness (QED) is 0.928. The van der Waals surface area contributed by atoms with Gasteiger partial charge < -0.3 is 15.1 Å². The molecule has 1 aliphatic rings. The molecule has 2 aromatic heterocycles. The average Bonchev–Trinajstić information content (AvgIpc) is 2.94. The molecule has 1 N–H and O–H groups in total. The zero-order chi connectivity index (χ0) is 13.2. The van der Waals surface area contributed by atoms with Crippen molar-refractivity contribution in [2.75, 3.05) is 50.0 Å². The summed E-state index contributed by atoms with van der Waals surface area (Å²) in [5.41, 5.74) is 0. The fourth-order valence-electron chi connectivity index (χ4n) is 2.47. The van der Waals surface area contributed by atoms with E-state index in [2.05, 4.69) is 43.5 Å². The zero-order valence-corrected chi connectivity index (χ0v) is 12.2. The van der Waals surface area contributed by atoms with Gasteiger partial charge in [-0.15, -0.1) is 11.3 Å². The number of nitrogens with one attached hydrogen (secondary N) is 1. The Hall–Kier alpha value is -1.40. The molecule has 3 rings (SSSR count). The van der Waals surface area contributed by atoms with E-state index in [9.17, 15) is 0 Å². The molecule has 0 aromatic carbocycles. The first kappa shape index (κ1) is 12.6. The van der Waals surface area contributed by atoms with Gasteiger partial charge in [-0.3, -0.25) is 0 Å². The molecule has 0 atom stereocenters. The number of nitrogens with zero attached hydrogens (tertiary/aromatic N) is 4. The lowest BCUT2D eigenvalue weighted by Crippen LogP contribution is -2.46. The van der Waals surface area contributed by atoms with Crippen LogP contribution in [0, 0.1) is 0 Å². The van der Waals surface area contributed by atoms with E-state index in [0.29, 0.717) is 5.95 Å². The molecule has 0 radical (unpaired) electrons. The molecule has 102 valence electrons. The van der Waals surface area contributed by atoms with Crippen molar-refractivity contribution in [3.63, 3.8) is 0 Å². The molecule has 19 heavy (non-hydrogen) atoms. The molecule has 0 unspecified atom stereocenters. The van der Waals surface area contributed by atoms with Crippen molar-refractivity contribution in [1.82, 2.24) is 14.9 Å². The fourth-order valence-corrected chi connectivity index (χ4v) is 3.23. The second-order valence-electron chi connectivity index (χ2n) is 4.68. The Balaban J connectivity index is 1.93. The third kappa shape index (κ3) is 2.37. The van der Waals surface area contributed by atoms with Crippen molar-refractivity contribution in [2.45, 2.75) is 6.92 Å². The Bertz CT molecular complexity index is 559. The molecule has 3 heterocycles. The molecule has 0 spiro atoms. The van der Waals surface area contributed by atoms with Gasteiger partial charge in [-0.1, -0.05) is 6.92 Å². The Morgan fingerprint density at radius 1 is 1.26 bits per heavy atom. The summed E-state index contributed by atoms with van der Waals surface area (Å²) in [6, 6.07) is 2.13. The minimum Gasteiger partial charge on any atom is -0.357 e. The van der Waals surface area contributed by atoms with E-state index < -0.39 is 0 Å². The lowest BCUT2D eigenvalue weighted by Gasteiger charge is -2.35. The summed E-state index contributed by atoms with van der Waals surface area (Å²) in [5.74, 6) is 1.79. The lowest BCUT2D eigenvalue weighted by atomic mass is 10.3. The van der Waals surface area contributed by atoms with Crippen LogP contribution in [-0.4, -0.2) is 54.6 Å². The van der Waals surface area contributed by atoms with Crippen LogP contribution in [-0.2, 0) is 0 Å². The van der Waals surface area contributed by atoms with Crippen LogP contribution in [0.1, 0.15) is 6.92 Å². The monoisotopic (exact) mass is 277 g/mol. The maximum absolute atomic E-state index is 4.66. The van der Waals surface area contributed by atoms with Gasteiger partial charge in [0.2, 0.25) is 5.95 Å². The Labute approximate surface area is 117 Å². The van der Waals surface area contributed by atoms with Crippen LogP contribution >= 0.6 is 11.3 Å². The van der Waals surface area contributed by atoms with Gasteiger partial charge in [-0.2, -0.15) is 4.98 Å². The van der Waals surface area contributed by atoms with Crippen molar-refractivity contribution in [1.29, 1.82) is 0 Å². The van der Waals surface area contributed by atoms with E-state index in [1.54, 1.807) is 11.3 Å². The van der Waals surface area contributed by atoms with Crippen LogP contribution in [0.15, 0.2) is 11.4 Å². The molecule has 2 aromatic rings. The third-order valence-electron chi connectivity index (χ3n) is 3.65. The first-order chi connectivity index (χ1) is 9.31. The van der Waals surface area contributed by atoms with Crippen molar-refractivity contribution in [3.05, 3.63) is 11.4 Å². The van der Waals surface area contributed by atoms with E-state index in [1.165, 1.54) is 5.39 Å². The first-order valence-corrected chi connectivity index (χ1v) is 7.60. The fraction of sp³-hybridized carbons (Fsp3) is 0.538. The van der Waals surface area contributed by atoms with E-state index in [-0.39, 0.29) is 0 Å². The molecule has 6 heteroatoms. The number of hydrogen-bond acceptors (Lipinski definition) is 6. The van der Waals surface area contributed by atoms with Crippen molar-refractivity contribution < 1.29 is 0 Å². The number of aromatic nitrogens is 2. The van der Waals surface area contributed by atoms with Gasteiger partial charge in [0, 0.05) is 33.2 Å². The SMILES string of the molecule is CCN1CCN(c2nc(NC)nc3sccc23)CC1. The molecule has 0 bridgehead atoms. The maximum Gasteiger partial charge on any atom is 0.225 e. The van der Waals surface area contributed by atoms with Crippen LogP contribution < -0.4 is 10.2 Å². The summed E-state index contributed by atoms with van der Waals surface area (Å²) >= 11 is 1.67. The highest BCUT2D eigenvalue weighted by Crippen LogP contribution is 2.29. The van der Waals surface area contributed by atoms with Crippen molar-refractivity contribution in [3.8, 4) is 0 Å². The van der Waals surface area contributed by atoms with Gasteiger partial charge in [0.25, 0.3) is 0 Å². The minimum atomic E-state index is 0.711. The normalized spacial score (nSPS) is 17.1.